The molecule has 0 bridgehead atoms. The molecule has 0 saturated carbocycles. The Morgan fingerprint density at radius 3 is 2.94 bits per heavy atom. The van der Waals surface area contributed by atoms with Crippen LogP contribution < -0.4 is 10.9 Å². The van der Waals surface area contributed by atoms with E-state index in [-0.39, 0.29) is 16.6 Å². The van der Waals surface area contributed by atoms with Crippen molar-refractivity contribution in [2.24, 2.45) is 0 Å². The zero-order chi connectivity index (χ0) is 13.7. The van der Waals surface area contributed by atoms with E-state index in [9.17, 15) is 9.00 Å². The number of hydrogen-bond donors (Lipinski definition) is 1. The van der Waals surface area contributed by atoms with Crippen molar-refractivity contribution in [2.45, 2.75) is 19.5 Å². The highest BCUT2D eigenvalue weighted by molar-refractivity contribution is 7.84. The van der Waals surface area contributed by atoms with E-state index in [4.69, 9.17) is 11.6 Å². The van der Waals surface area contributed by atoms with E-state index >= 15 is 0 Å². The first kappa shape index (κ1) is 14.9. The fraction of sp³-hybridized carbons (Fsp3) is 0.455. The Bertz CT molecular complexity index is 516. The molecular formula is C11H16ClN3O2S. The van der Waals surface area contributed by atoms with E-state index in [1.165, 1.54) is 10.9 Å². The quantitative estimate of drug-likeness (QED) is 0.801. The van der Waals surface area contributed by atoms with Gasteiger partial charge in [-0.25, -0.2) is 4.68 Å². The van der Waals surface area contributed by atoms with Gasteiger partial charge in [-0.2, -0.15) is 5.10 Å². The molecule has 1 aromatic rings. The van der Waals surface area contributed by atoms with Gasteiger partial charge in [0.15, 0.2) is 0 Å². The van der Waals surface area contributed by atoms with E-state index in [0.29, 0.717) is 18.0 Å². The lowest BCUT2D eigenvalue weighted by atomic mass is 10.3. The highest BCUT2D eigenvalue weighted by Gasteiger charge is 2.11. The van der Waals surface area contributed by atoms with Gasteiger partial charge in [0.25, 0.3) is 5.56 Å². The zero-order valence-corrected chi connectivity index (χ0v) is 11.9. The van der Waals surface area contributed by atoms with Gasteiger partial charge in [-0.15, -0.1) is 6.58 Å². The van der Waals surface area contributed by atoms with Crippen LogP contribution >= 0.6 is 11.6 Å². The maximum Gasteiger partial charge on any atom is 0.287 e. The normalized spacial score (nSPS) is 13.9. The van der Waals surface area contributed by atoms with Crippen LogP contribution in [0.25, 0.3) is 0 Å². The van der Waals surface area contributed by atoms with Crippen LogP contribution in [0.15, 0.2) is 23.6 Å². The lowest BCUT2D eigenvalue weighted by Crippen LogP contribution is -2.27. The highest BCUT2D eigenvalue weighted by Crippen LogP contribution is 2.16. The summed E-state index contributed by atoms with van der Waals surface area (Å²) >= 11 is 5.97. The summed E-state index contributed by atoms with van der Waals surface area (Å²) < 4.78 is 12.3. The lowest BCUT2D eigenvalue weighted by molar-refractivity contribution is 0.652. The molecule has 1 N–H and O–H groups in total. The first-order valence-electron chi connectivity index (χ1n) is 5.38. The lowest BCUT2D eigenvalue weighted by Gasteiger charge is -2.15. The van der Waals surface area contributed by atoms with Crippen molar-refractivity contribution in [2.75, 3.05) is 17.3 Å². The Balaban J connectivity index is 2.91. The molecule has 1 heterocycles. The maximum atomic E-state index is 11.8. The summed E-state index contributed by atoms with van der Waals surface area (Å²) in [7, 11) is -0.911. The van der Waals surface area contributed by atoms with Crippen molar-refractivity contribution < 1.29 is 4.21 Å². The van der Waals surface area contributed by atoms with Crippen molar-refractivity contribution in [1.29, 1.82) is 0 Å². The van der Waals surface area contributed by atoms with Gasteiger partial charge in [-0.05, 0) is 6.92 Å². The molecule has 0 radical (unpaired) electrons. The van der Waals surface area contributed by atoms with Crippen LogP contribution in [-0.2, 0) is 17.3 Å². The number of nitrogens with zero attached hydrogens (tertiary/aromatic N) is 2. The Morgan fingerprint density at radius 2 is 2.39 bits per heavy atom. The smallest absolute Gasteiger partial charge is 0.287 e. The van der Waals surface area contributed by atoms with E-state index in [0.717, 1.165) is 0 Å². The number of nitrogens with one attached hydrogen (secondary N) is 1. The number of anilines is 1. The molecule has 0 aliphatic carbocycles. The maximum absolute atomic E-state index is 11.8. The molecule has 1 aromatic heterocycles. The van der Waals surface area contributed by atoms with Crippen LogP contribution in [0.5, 0.6) is 0 Å². The van der Waals surface area contributed by atoms with Gasteiger partial charge in [0, 0.05) is 28.9 Å². The van der Waals surface area contributed by atoms with Crippen LogP contribution in [0.1, 0.15) is 6.92 Å². The predicted molar refractivity (Wildman–Crippen MR) is 75.7 cm³/mol. The van der Waals surface area contributed by atoms with Crippen molar-refractivity contribution in [3.05, 3.63) is 34.2 Å². The zero-order valence-electron chi connectivity index (χ0n) is 10.4. The van der Waals surface area contributed by atoms with Gasteiger partial charge in [-0.3, -0.25) is 9.00 Å². The third-order valence-electron chi connectivity index (χ3n) is 2.17. The number of aromatic nitrogens is 2. The molecule has 7 heteroatoms. The van der Waals surface area contributed by atoms with Gasteiger partial charge >= 0.3 is 0 Å². The monoisotopic (exact) mass is 289 g/mol. The predicted octanol–water partition coefficient (Wildman–Crippen LogP) is 1.26. The minimum Gasteiger partial charge on any atom is -0.379 e. The molecule has 0 aliphatic rings. The molecule has 0 aliphatic heterocycles. The minimum absolute atomic E-state index is 0.0511. The molecule has 0 saturated heterocycles. The molecule has 0 fully saturated rings. The Hall–Kier alpha value is -1.14. The van der Waals surface area contributed by atoms with Crippen molar-refractivity contribution in [3.63, 3.8) is 0 Å². The molecule has 1 rings (SSSR count). The molecule has 100 valence electrons. The van der Waals surface area contributed by atoms with Crippen molar-refractivity contribution >= 4 is 28.1 Å². The van der Waals surface area contributed by atoms with Crippen LogP contribution in [0.4, 0.5) is 5.69 Å². The minimum atomic E-state index is -0.911. The first-order valence-corrected chi connectivity index (χ1v) is 7.49. The van der Waals surface area contributed by atoms with E-state index in [1.54, 1.807) is 12.3 Å². The molecule has 5 nitrogen and oxygen atoms in total. The largest absolute Gasteiger partial charge is 0.379 e. The second kappa shape index (κ2) is 6.70. The van der Waals surface area contributed by atoms with E-state index < -0.39 is 10.8 Å². The third kappa shape index (κ3) is 3.96. The molecule has 18 heavy (non-hydrogen) atoms. The van der Waals surface area contributed by atoms with Gasteiger partial charge in [0.2, 0.25) is 0 Å². The number of rotatable bonds is 6. The topological polar surface area (TPSA) is 64.0 Å². The van der Waals surface area contributed by atoms with Gasteiger partial charge in [0.1, 0.15) is 5.02 Å². The SMILES string of the molecule is C=CCn1ncc(NC(C)CS(C)=O)c(Cl)c1=O. The first-order chi connectivity index (χ1) is 8.45. The molecular weight excluding hydrogens is 274 g/mol. The number of halogens is 1. The molecule has 0 aromatic carbocycles. The van der Waals surface area contributed by atoms with E-state index in [2.05, 4.69) is 17.0 Å². The number of hydrogen-bond acceptors (Lipinski definition) is 4. The standard InChI is InChI=1S/C11H16ClN3O2S/c1-4-5-15-11(16)10(12)9(6-13-15)14-8(2)7-18(3)17/h4,6,8,14H,1,5,7H2,2-3H3. The molecule has 0 spiro atoms. The molecule has 0 amide bonds. The van der Waals surface area contributed by atoms with Gasteiger partial charge in [0.05, 0.1) is 18.4 Å². The average molecular weight is 290 g/mol. The second-order valence-electron chi connectivity index (χ2n) is 3.93. The fourth-order valence-electron chi connectivity index (χ4n) is 1.48. The Morgan fingerprint density at radius 1 is 1.72 bits per heavy atom. The summed E-state index contributed by atoms with van der Waals surface area (Å²) in [6, 6.07) is -0.0511. The summed E-state index contributed by atoms with van der Waals surface area (Å²) in [5, 5.41) is 7.08. The summed E-state index contributed by atoms with van der Waals surface area (Å²) in [6.45, 7) is 5.72. The summed E-state index contributed by atoms with van der Waals surface area (Å²) in [6.07, 6.45) is 4.68. The van der Waals surface area contributed by atoms with Gasteiger partial charge in [-0.1, -0.05) is 17.7 Å². The third-order valence-corrected chi connectivity index (χ3v) is 3.51. The second-order valence-corrected chi connectivity index (χ2v) is 5.79. The summed E-state index contributed by atoms with van der Waals surface area (Å²) in [5.41, 5.74) is 0.0892. The van der Waals surface area contributed by atoms with Crippen LogP contribution in [-0.4, -0.2) is 32.0 Å². The number of allylic oxidation sites excluding steroid dienone is 1. The van der Waals surface area contributed by atoms with Crippen LogP contribution in [0, 0.1) is 0 Å². The Kier molecular flexibility index (Phi) is 5.55. The van der Waals surface area contributed by atoms with Crippen molar-refractivity contribution in [3.8, 4) is 0 Å². The Labute approximate surface area is 113 Å². The van der Waals surface area contributed by atoms with Crippen LogP contribution in [0.3, 0.4) is 0 Å². The van der Waals surface area contributed by atoms with Crippen LogP contribution in [0.2, 0.25) is 5.02 Å². The molecule has 2 atom stereocenters. The fourth-order valence-corrected chi connectivity index (χ4v) is 2.47. The summed E-state index contributed by atoms with van der Waals surface area (Å²) in [5.74, 6) is 0.478. The summed E-state index contributed by atoms with van der Waals surface area (Å²) in [4.78, 5) is 11.8. The highest BCUT2D eigenvalue weighted by atomic mass is 35.5. The molecule has 2 unspecified atom stereocenters. The van der Waals surface area contributed by atoms with Gasteiger partial charge < -0.3 is 5.32 Å². The van der Waals surface area contributed by atoms with Crippen molar-refractivity contribution in [1.82, 2.24) is 9.78 Å². The van der Waals surface area contributed by atoms with E-state index in [1.807, 2.05) is 6.92 Å². The average Bonchev–Trinajstić information content (AvgIpc) is 2.28.